The van der Waals surface area contributed by atoms with E-state index in [-0.39, 0.29) is 5.69 Å². The number of halogens is 1. The van der Waals surface area contributed by atoms with Gasteiger partial charge in [0, 0.05) is 40.9 Å². The van der Waals surface area contributed by atoms with E-state index < -0.39 is 5.97 Å². The van der Waals surface area contributed by atoms with Crippen molar-refractivity contribution in [2.45, 2.75) is 13.5 Å². The van der Waals surface area contributed by atoms with Crippen LogP contribution in [0.15, 0.2) is 18.2 Å². The van der Waals surface area contributed by atoms with Crippen molar-refractivity contribution in [2.75, 3.05) is 29.5 Å². The highest BCUT2D eigenvalue weighted by atomic mass is 35.5. The first-order chi connectivity index (χ1) is 12.5. The van der Waals surface area contributed by atoms with Gasteiger partial charge in [-0.25, -0.2) is 9.78 Å². The molecule has 26 heavy (non-hydrogen) atoms. The third-order valence-corrected chi connectivity index (χ3v) is 6.55. The third kappa shape index (κ3) is 3.41. The SMILES string of the molecule is Cc1cc(C(=O)O)nn1Cc1cc(Cl)cc2sc(N3CCSCC3)nc12. The van der Waals surface area contributed by atoms with Crippen molar-refractivity contribution in [3.05, 3.63) is 40.2 Å². The predicted molar refractivity (Wildman–Crippen MR) is 107 cm³/mol. The topological polar surface area (TPSA) is 71.2 Å². The van der Waals surface area contributed by atoms with E-state index in [4.69, 9.17) is 21.7 Å². The van der Waals surface area contributed by atoms with Gasteiger partial charge in [-0.15, -0.1) is 0 Å². The fraction of sp³-hybridized carbons (Fsp3) is 0.353. The molecule has 1 N–H and O–H groups in total. The molecule has 1 aliphatic heterocycles. The lowest BCUT2D eigenvalue weighted by atomic mass is 10.2. The monoisotopic (exact) mass is 408 g/mol. The molecule has 136 valence electrons. The minimum absolute atomic E-state index is 0.0468. The number of hydrogen-bond acceptors (Lipinski definition) is 6. The van der Waals surface area contributed by atoms with E-state index in [1.807, 2.05) is 30.8 Å². The highest BCUT2D eigenvalue weighted by Gasteiger charge is 2.18. The molecular formula is C17H17ClN4O2S2. The average molecular weight is 409 g/mol. The summed E-state index contributed by atoms with van der Waals surface area (Å²) in [7, 11) is 0. The molecule has 0 amide bonds. The first-order valence-electron chi connectivity index (χ1n) is 8.20. The number of carboxylic acid groups (broad SMARTS) is 1. The van der Waals surface area contributed by atoms with Gasteiger partial charge in [-0.2, -0.15) is 16.9 Å². The molecule has 0 unspecified atom stereocenters. The summed E-state index contributed by atoms with van der Waals surface area (Å²) in [5, 5.41) is 15.0. The molecular weight excluding hydrogens is 392 g/mol. The predicted octanol–water partition coefficient (Wildman–Crippen LogP) is 3.75. The second kappa shape index (κ2) is 7.09. The Morgan fingerprint density at radius 1 is 1.31 bits per heavy atom. The fourth-order valence-corrected chi connectivity index (χ4v) is 5.31. The molecule has 0 radical (unpaired) electrons. The smallest absolute Gasteiger partial charge is 0.356 e. The van der Waals surface area contributed by atoms with Crippen LogP contribution in [0, 0.1) is 6.92 Å². The molecule has 1 aromatic carbocycles. The van der Waals surface area contributed by atoms with Crippen LogP contribution in [-0.2, 0) is 6.54 Å². The van der Waals surface area contributed by atoms with Crippen LogP contribution in [0.25, 0.3) is 10.2 Å². The molecule has 0 saturated carbocycles. The number of carboxylic acids is 1. The molecule has 0 atom stereocenters. The molecule has 1 saturated heterocycles. The highest BCUT2D eigenvalue weighted by Crippen LogP contribution is 2.34. The van der Waals surface area contributed by atoms with Crippen molar-refractivity contribution in [3.8, 4) is 0 Å². The van der Waals surface area contributed by atoms with Crippen LogP contribution in [0.4, 0.5) is 5.13 Å². The lowest BCUT2D eigenvalue weighted by molar-refractivity contribution is 0.0689. The molecule has 6 nitrogen and oxygen atoms in total. The van der Waals surface area contributed by atoms with Crippen molar-refractivity contribution in [3.63, 3.8) is 0 Å². The largest absolute Gasteiger partial charge is 0.476 e. The summed E-state index contributed by atoms with van der Waals surface area (Å²) in [4.78, 5) is 18.3. The van der Waals surface area contributed by atoms with Crippen molar-refractivity contribution in [1.29, 1.82) is 0 Å². The number of aryl methyl sites for hydroxylation is 1. The zero-order chi connectivity index (χ0) is 18.3. The van der Waals surface area contributed by atoms with Crippen LogP contribution in [0.1, 0.15) is 21.7 Å². The number of aromatic nitrogens is 3. The van der Waals surface area contributed by atoms with Gasteiger partial charge in [-0.1, -0.05) is 22.9 Å². The number of aromatic carboxylic acids is 1. The quantitative estimate of drug-likeness (QED) is 0.708. The van der Waals surface area contributed by atoms with Gasteiger partial charge in [-0.05, 0) is 25.1 Å². The maximum Gasteiger partial charge on any atom is 0.356 e. The van der Waals surface area contributed by atoms with Gasteiger partial charge in [0.25, 0.3) is 0 Å². The lowest BCUT2D eigenvalue weighted by Gasteiger charge is -2.25. The Balaban J connectivity index is 1.72. The molecule has 3 heterocycles. The van der Waals surface area contributed by atoms with E-state index >= 15 is 0 Å². The van der Waals surface area contributed by atoms with Gasteiger partial charge in [0.05, 0.1) is 16.8 Å². The van der Waals surface area contributed by atoms with Crippen molar-refractivity contribution in [1.82, 2.24) is 14.8 Å². The molecule has 9 heteroatoms. The van der Waals surface area contributed by atoms with Gasteiger partial charge < -0.3 is 10.0 Å². The van der Waals surface area contributed by atoms with E-state index in [0.717, 1.165) is 51.2 Å². The van der Waals surface area contributed by atoms with Gasteiger partial charge in [0.15, 0.2) is 10.8 Å². The zero-order valence-corrected chi connectivity index (χ0v) is 16.5. The number of nitrogens with zero attached hydrogens (tertiary/aromatic N) is 4. The summed E-state index contributed by atoms with van der Waals surface area (Å²) in [5.74, 6) is 1.21. The number of rotatable bonds is 4. The van der Waals surface area contributed by atoms with Crippen LogP contribution in [0.2, 0.25) is 5.02 Å². The summed E-state index contributed by atoms with van der Waals surface area (Å²) in [6.45, 7) is 4.30. The van der Waals surface area contributed by atoms with Crippen molar-refractivity contribution >= 4 is 56.0 Å². The highest BCUT2D eigenvalue weighted by molar-refractivity contribution is 7.99. The molecule has 1 fully saturated rings. The van der Waals surface area contributed by atoms with E-state index in [1.54, 1.807) is 22.1 Å². The minimum Gasteiger partial charge on any atom is -0.476 e. The maximum atomic E-state index is 11.1. The minimum atomic E-state index is -1.03. The van der Waals surface area contributed by atoms with E-state index in [2.05, 4.69) is 10.00 Å². The summed E-state index contributed by atoms with van der Waals surface area (Å²) >= 11 is 9.94. The normalized spacial score (nSPS) is 14.9. The lowest BCUT2D eigenvalue weighted by Crippen LogP contribution is -2.32. The third-order valence-electron chi connectivity index (χ3n) is 4.33. The Bertz CT molecular complexity index is 979. The molecule has 1 aliphatic rings. The number of anilines is 1. The Hall–Kier alpha value is -1.77. The van der Waals surface area contributed by atoms with E-state index in [9.17, 15) is 4.79 Å². The second-order valence-electron chi connectivity index (χ2n) is 6.14. The molecule has 3 aromatic rings. The first kappa shape index (κ1) is 17.6. The van der Waals surface area contributed by atoms with Gasteiger partial charge in [0.2, 0.25) is 0 Å². The summed E-state index contributed by atoms with van der Waals surface area (Å²) in [5.41, 5.74) is 2.70. The fourth-order valence-electron chi connectivity index (χ4n) is 3.00. The number of fused-ring (bicyclic) bond motifs is 1. The van der Waals surface area contributed by atoms with Crippen LogP contribution >= 0.6 is 34.7 Å². The van der Waals surface area contributed by atoms with Crippen LogP contribution in [-0.4, -0.2) is 50.4 Å². The van der Waals surface area contributed by atoms with E-state index in [1.165, 1.54) is 0 Å². The summed E-state index contributed by atoms with van der Waals surface area (Å²) in [6.07, 6.45) is 0. The van der Waals surface area contributed by atoms with Crippen LogP contribution < -0.4 is 4.90 Å². The Kier molecular flexibility index (Phi) is 4.81. The molecule has 0 spiro atoms. The molecule has 0 aliphatic carbocycles. The van der Waals surface area contributed by atoms with Crippen molar-refractivity contribution < 1.29 is 9.90 Å². The first-order valence-corrected chi connectivity index (χ1v) is 10.6. The number of carbonyl (C=O) groups is 1. The van der Waals surface area contributed by atoms with E-state index in [0.29, 0.717) is 11.6 Å². The zero-order valence-electron chi connectivity index (χ0n) is 14.1. The molecule has 2 aromatic heterocycles. The Labute approximate surface area is 163 Å². The van der Waals surface area contributed by atoms with Crippen LogP contribution in [0.5, 0.6) is 0 Å². The average Bonchev–Trinajstić information content (AvgIpc) is 3.20. The van der Waals surface area contributed by atoms with Gasteiger partial charge in [0.1, 0.15) is 0 Å². The maximum absolute atomic E-state index is 11.1. The molecule has 0 bridgehead atoms. The number of thiazole rings is 1. The molecule has 4 rings (SSSR count). The number of hydrogen-bond donors (Lipinski definition) is 1. The Morgan fingerprint density at radius 2 is 2.08 bits per heavy atom. The second-order valence-corrected chi connectivity index (χ2v) is 8.81. The standard InChI is InChI=1S/C17H17ClN4O2S2/c1-10-6-13(16(23)24)20-22(10)9-11-7-12(18)8-14-15(11)19-17(26-14)21-2-4-25-5-3-21/h6-8H,2-5,9H2,1H3,(H,23,24). The van der Waals surface area contributed by atoms with Crippen molar-refractivity contribution in [2.24, 2.45) is 0 Å². The number of thioether (sulfide) groups is 1. The number of benzene rings is 1. The van der Waals surface area contributed by atoms with Gasteiger partial charge in [-0.3, -0.25) is 4.68 Å². The summed E-state index contributed by atoms with van der Waals surface area (Å²) < 4.78 is 2.73. The Morgan fingerprint density at radius 3 is 2.77 bits per heavy atom. The van der Waals surface area contributed by atoms with Crippen LogP contribution in [0.3, 0.4) is 0 Å². The summed E-state index contributed by atoms with van der Waals surface area (Å²) in [6, 6.07) is 5.40. The van der Waals surface area contributed by atoms with Gasteiger partial charge >= 0.3 is 5.97 Å².